The first-order chi connectivity index (χ1) is 17.6. The highest BCUT2D eigenvalue weighted by Gasteiger charge is 2.21. The Morgan fingerprint density at radius 1 is 1.06 bits per heavy atom. The molecule has 1 unspecified atom stereocenters. The van der Waals surface area contributed by atoms with E-state index in [2.05, 4.69) is 52.4 Å². The molecule has 0 spiro atoms. The van der Waals surface area contributed by atoms with E-state index in [0.717, 1.165) is 69.0 Å². The van der Waals surface area contributed by atoms with Crippen LogP contribution in [0.5, 0.6) is 11.5 Å². The average Bonchev–Trinajstić information content (AvgIpc) is 3.39. The topological polar surface area (TPSA) is 77.8 Å². The maximum absolute atomic E-state index is 13.0. The van der Waals surface area contributed by atoms with Crippen molar-refractivity contribution in [2.75, 3.05) is 33.0 Å². The summed E-state index contributed by atoms with van der Waals surface area (Å²) in [6.07, 6.45) is 7.24. The summed E-state index contributed by atoms with van der Waals surface area (Å²) >= 11 is 0. The maximum Gasteiger partial charge on any atom is 0.263 e. The van der Waals surface area contributed by atoms with Crippen molar-refractivity contribution < 1.29 is 14.3 Å². The van der Waals surface area contributed by atoms with Crippen molar-refractivity contribution in [2.24, 2.45) is 0 Å². The van der Waals surface area contributed by atoms with Gasteiger partial charge in [0.2, 0.25) is 6.79 Å². The number of aryl methyl sites for hydroxylation is 2. The van der Waals surface area contributed by atoms with Crippen LogP contribution in [0.3, 0.4) is 0 Å². The van der Waals surface area contributed by atoms with Crippen molar-refractivity contribution in [1.82, 2.24) is 15.1 Å². The lowest BCUT2D eigenvalue weighted by atomic mass is 9.88. The van der Waals surface area contributed by atoms with Crippen molar-refractivity contribution >= 4 is 5.91 Å². The molecule has 5 rings (SSSR count). The van der Waals surface area contributed by atoms with Gasteiger partial charge < -0.3 is 19.7 Å². The zero-order chi connectivity index (χ0) is 24.9. The van der Waals surface area contributed by atoms with E-state index in [0.29, 0.717) is 0 Å². The maximum atomic E-state index is 13.0. The number of piperazine rings is 1. The summed E-state index contributed by atoms with van der Waals surface area (Å²) in [4.78, 5) is 17.5. The van der Waals surface area contributed by atoms with E-state index in [1.165, 1.54) is 29.5 Å². The number of nitriles is 1. The van der Waals surface area contributed by atoms with Gasteiger partial charge >= 0.3 is 0 Å². The fourth-order valence-electron chi connectivity index (χ4n) is 5.30. The van der Waals surface area contributed by atoms with E-state index in [9.17, 15) is 10.1 Å². The number of fused-ring (bicyclic) bond motifs is 2. The van der Waals surface area contributed by atoms with Gasteiger partial charge in [-0.15, -0.1) is 0 Å². The van der Waals surface area contributed by atoms with Crippen LogP contribution in [0, 0.1) is 11.3 Å². The Labute approximate surface area is 213 Å². The van der Waals surface area contributed by atoms with E-state index >= 15 is 0 Å². The number of carbonyl (C=O) groups excluding carboxylic acids is 1. The van der Waals surface area contributed by atoms with Gasteiger partial charge in [0.25, 0.3) is 5.91 Å². The number of carbonyl (C=O) groups is 1. The van der Waals surface area contributed by atoms with Crippen molar-refractivity contribution in [2.45, 2.75) is 51.6 Å². The molecule has 1 fully saturated rings. The lowest BCUT2D eigenvalue weighted by Crippen LogP contribution is -2.44. The molecule has 7 heteroatoms. The van der Waals surface area contributed by atoms with Crippen molar-refractivity contribution in [3.63, 3.8) is 0 Å². The number of hydrogen-bond donors (Lipinski definition) is 1. The Balaban J connectivity index is 1.16. The average molecular weight is 487 g/mol. The van der Waals surface area contributed by atoms with E-state index in [4.69, 9.17) is 9.47 Å². The van der Waals surface area contributed by atoms with E-state index < -0.39 is 0 Å². The molecule has 2 heterocycles. The monoisotopic (exact) mass is 486 g/mol. The highest BCUT2D eigenvalue weighted by atomic mass is 16.7. The Morgan fingerprint density at radius 3 is 2.61 bits per heavy atom. The predicted molar refractivity (Wildman–Crippen MR) is 137 cm³/mol. The van der Waals surface area contributed by atoms with Gasteiger partial charge in [0.15, 0.2) is 11.5 Å². The molecular weight excluding hydrogens is 452 g/mol. The van der Waals surface area contributed by atoms with Gasteiger partial charge in [-0.2, -0.15) is 5.26 Å². The molecule has 0 saturated carbocycles. The Morgan fingerprint density at radius 2 is 1.83 bits per heavy atom. The van der Waals surface area contributed by atoms with Gasteiger partial charge in [0.1, 0.15) is 11.6 Å². The van der Waals surface area contributed by atoms with Gasteiger partial charge in [0, 0.05) is 38.9 Å². The Bertz CT molecular complexity index is 1180. The van der Waals surface area contributed by atoms with Gasteiger partial charge in [0.05, 0.1) is 6.04 Å². The molecule has 0 aromatic heterocycles. The van der Waals surface area contributed by atoms with Gasteiger partial charge in [-0.25, -0.2) is 0 Å². The normalized spacial score (nSPS) is 18.3. The molecule has 0 radical (unpaired) electrons. The minimum atomic E-state index is -0.301. The second kappa shape index (κ2) is 11.0. The third-order valence-corrected chi connectivity index (χ3v) is 7.42. The largest absolute Gasteiger partial charge is 0.454 e. The van der Waals surface area contributed by atoms with Gasteiger partial charge in [-0.1, -0.05) is 31.2 Å². The summed E-state index contributed by atoms with van der Waals surface area (Å²) in [6.45, 7) is 6.44. The summed E-state index contributed by atoms with van der Waals surface area (Å²) in [5, 5.41) is 12.8. The van der Waals surface area contributed by atoms with E-state index in [1.807, 2.05) is 12.1 Å². The molecule has 1 amide bonds. The lowest BCUT2D eigenvalue weighted by Gasteiger charge is -2.34. The number of benzene rings is 2. The van der Waals surface area contributed by atoms with Crippen LogP contribution in [-0.4, -0.2) is 48.7 Å². The SMILES string of the molecule is CCC(NC(=O)/C(C#N)=C\N1CCN(Cc2ccc3c(c2)OCO3)CC1)c1ccc2c(c1)CCCC2. The summed E-state index contributed by atoms with van der Waals surface area (Å²) in [6, 6.07) is 14.7. The van der Waals surface area contributed by atoms with Crippen molar-refractivity contribution in [1.29, 1.82) is 5.26 Å². The van der Waals surface area contributed by atoms with Gasteiger partial charge in [-0.05, 0) is 66.5 Å². The quantitative estimate of drug-likeness (QED) is 0.469. The molecule has 2 aliphatic heterocycles. The third kappa shape index (κ3) is 5.50. The number of hydrogen-bond acceptors (Lipinski definition) is 6. The minimum absolute atomic E-state index is 0.0972. The third-order valence-electron chi connectivity index (χ3n) is 7.42. The van der Waals surface area contributed by atoms with Crippen LogP contribution >= 0.6 is 0 Å². The summed E-state index contributed by atoms with van der Waals surface area (Å²) in [7, 11) is 0. The zero-order valence-corrected chi connectivity index (χ0v) is 21.0. The molecule has 1 N–H and O–H groups in total. The Hall–Kier alpha value is -3.50. The van der Waals surface area contributed by atoms with Crippen LogP contribution in [-0.2, 0) is 24.2 Å². The molecule has 2 aromatic rings. The number of amides is 1. The predicted octanol–water partition coefficient (Wildman–Crippen LogP) is 4.09. The highest BCUT2D eigenvalue weighted by Crippen LogP contribution is 2.33. The van der Waals surface area contributed by atoms with Crippen molar-refractivity contribution in [3.8, 4) is 17.6 Å². The molecule has 7 nitrogen and oxygen atoms in total. The van der Waals surface area contributed by atoms with Crippen LogP contribution < -0.4 is 14.8 Å². The zero-order valence-electron chi connectivity index (χ0n) is 21.0. The van der Waals surface area contributed by atoms with Crippen LogP contribution in [0.15, 0.2) is 48.2 Å². The first-order valence-corrected chi connectivity index (χ1v) is 13.0. The second-order valence-electron chi connectivity index (χ2n) is 9.82. The summed E-state index contributed by atoms with van der Waals surface area (Å²) < 4.78 is 10.9. The number of rotatable bonds is 7. The van der Waals surface area contributed by atoms with Gasteiger partial charge in [-0.3, -0.25) is 9.69 Å². The van der Waals surface area contributed by atoms with Crippen LogP contribution in [0.4, 0.5) is 0 Å². The summed E-state index contributed by atoms with van der Waals surface area (Å²) in [5.41, 5.74) is 5.31. The Kier molecular flexibility index (Phi) is 7.43. The summed E-state index contributed by atoms with van der Waals surface area (Å²) in [5.74, 6) is 1.30. The molecule has 188 valence electrons. The van der Waals surface area contributed by atoms with E-state index in [-0.39, 0.29) is 24.3 Å². The van der Waals surface area contributed by atoms with Crippen LogP contribution in [0.2, 0.25) is 0 Å². The second-order valence-corrected chi connectivity index (χ2v) is 9.82. The van der Waals surface area contributed by atoms with E-state index in [1.54, 1.807) is 6.20 Å². The fourth-order valence-corrected chi connectivity index (χ4v) is 5.30. The lowest BCUT2D eigenvalue weighted by molar-refractivity contribution is -0.118. The fraction of sp³-hybridized carbons (Fsp3) is 0.448. The van der Waals surface area contributed by atoms with Crippen LogP contribution in [0.25, 0.3) is 0 Å². The van der Waals surface area contributed by atoms with Crippen molar-refractivity contribution in [3.05, 3.63) is 70.4 Å². The minimum Gasteiger partial charge on any atom is -0.454 e. The number of nitrogens with one attached hydrogen (secondary N) is 1. The molecular formula is C29H34N4O3. The highest BCUT2D eigenvalue weighted by molar-refractivity contribution is 5.97. The van der Waals surface area contributed by atoms with Crippen LogP contribution in [0.1, 0.15) is 54.5 Å². The molecule has 36 heavy (non-hydrogen) atoms. The standard InChI is InChI=1S/C29H34N4O3/c1-2-26(24-9-8-22-5-3-4-6-23(22)16-24)31-29(34)25(17-30)19-33-13-11-32(12-14-33)18-21-7-10-27-28(15-21)36-20-35-27/h7-10,15-16,19,26H,2-6,11-14,18,20H2,1H3,(H,31,34)/b25-19-. The molecule has 1 saturated heterocycles. The first-order valence-electron chi connectivity index (χ1n) is 13.0. The number of nitrogens with zero attached hydrogens (tertiary/aromatic N) is 3. The molecule has 3 aliphatic rings. The molecule has 0 bridgehead atoms. The smallest absolute Gasteiger partial charge is 0.263 e. The number of ether oxygens (including phenoxy) is 2. The molecule has 2 aromatic carbocycles. The molecule has 1 atom stereocenters. The molecule has 1 aliphatic carbocycles. The first kappa shape index (κ1) is 24.2.